The number of aromatic hydroxyl groups is 2. The molecule has 0 spiro atoms. The minimum absolute atomic E-state index is 0.0458. The lowest BCUT2D eigenvalue weighted by molar-refractivity contribution is 0.132. The predicted molar refractivity (Wildman–Crippen MR) is 57.6 cm³/mol. The number of benzene rings is 1. The van der Waals surface area contributed by atoms with Crippen LogP contribution in [0.25, 0.3) is 0 Å². The Hall–Kier alpha value is -1.26. The van der Waals surface area contributed by atoms with Crippen molar-refractivity contribution < 1.29 is 15.3 Å². The lowest BCUT2D eigenvalue weighted by atomic mass is 9.82. The molecule has 0 radical (unpaired) electrons. The molecule has 1 aromatic rings. The lowest BCUT2D eigenvalue weighted by Gasteiger charge is -2.29. The van der Waals surface area contributed by atoms with E-state index in [1.807, 2.05) is 13.8 Å². The summed E-state index contributed by atoms with van der Waals surface area (Å²) in [5, 5.41) is 27.6. The van der Waals surface area contributed by atoms with Crippen molar-refractivity contribution in [3.8, 4) is 11.5 Å². The molecule has 0 unspecified atom stereocenters. The average molecular weight is 211 g/mol. The van der Waals surface area contributed by atoms with Crippen LogP contribution in [0.5, 0.6) is 11.5 Å². The van der Waals surface area contributed by atoms with Gasteiger partial charge in [-0.3, -0.25) is 0 Å². The third-order valence-electron chi connectivity index (χ3n) is 2.61. The van der Waals surface area contributed by atoms with E-state index in [0.717, 1.165) is 0 Å². The molecule has 0 fully saturated rings. The molecule has 0 aliphatic rings. The summed E-state index contributed by atoms with van der Waals surface area (Å²) in [6.45, 7) is 3.62. The van der Waals surface area contributed by atoms with Crippen LogP contribution in [0.2, 0.25) is 0 Å². The highest BCUT2D eigenvalue weighted by atomic mass is 16.3. The first-order valence-corrected chi connectivity index (χ1v) is 4.77. The zero-order valence-electron chi connectivity index (χ0n) is 8.94. The number of aliphatic hydroxyl groups excluding tert-OH is 1. The van der Waals surface area contributed by atoms with E-state index in [4.69, 9.17) is 15.9 Å². The number of aliphatic hydroxyl groups is 1. The van der Waals surface area contributed by atoms with Gasteiger partial charge in [0.2, 0.25) is 0 Å². The lowest BCUT2D eigenvalue weighted by Crippen LogP contribution is -2.32. The Morgan fingerprint density at radius 1 is 1.27 bits per heavy atom. The van der Waals surface area contributed by atoms with Crippen molar-refractivity contribution in [3.63, 3.8) is 0 Å². The summed E-state index contributed by atoms with van der Waals surface area (Å²) < 4.78 is 0. The quantitative estimate of drug-likeness (QED) is 0.564. The predicted octanol–water partition coefficient (Wildman–Crippen LogP) is 1.12. The van der Waals surface area contributed by atoms with Crippen molar-refractivity contribution in [2.45, 2.75) is 19.9 Å². The molecule has 0 bridgehead atoms. The van der Waals surface area contributed by atoms with E-state index in [0.29, 0.717) is 5.56 Å². The third kappa shape index (κ3) is 2.40. The third-order valence-corrected chi connectivity index (χ3v) is 2.61. The van der Waals surface area contributed by atoms with Crippen molar-refractivity contribution in [2.24, 2.45) is 11.1 Å². The van der Waals surface area contributed by atoms with E-state index in [-0.39, 0.29) is 18.1 Å². The van der Waals surface area contributed by atoms with E-state index < -0.39 is 11.5 Å². The molecular formula is C11H17NO3. The van der Waals surface area contributed by atoms with E-state index in [2.05, 4.69) is 0 Å². The largest absolute Gasteiger partial charge is 0.504 e. The Bertz CT molecular complexity index is 350. The summed E-state index contributed by atoms with van der Waals surface area (Å²) in [6.07, 6.45) is 0. The van der Waals surface area contributed by atoms with Gasteiger partial charge in [0.05, 0.1) is 0 Å². The van der Waals surface area contributed by atoms with Gasteiger partial charge >= 0.3 is 0 Å². The molecule has 0 aliphatic carbocycles. The maximum absolute atomic E-state index is 9.32. The zero-order chi connectivity index (χ0) is 11.6. The second-order valence-electron chi connectivity index (χ2n) is 4.37. The summed E-state index contributed by atoms with van der Waals surface area (Å²) in [5.74, 6) is -0.371. The van der Waals surface area contributed by atoms with Gasteiger partial charge in [0.15, 0.2) is 11.5 Å². The van der Waals surface area contributed by atoms with Gasteiger partial charge in [0.25, 0.3) is 0 Å². The van der Waals surface area contributed by atoms with Gasteiger partial charge in [-0.2, -0.15) is 0 Å². The van der Waals surface area contributed by atoms with Gasteiger partial charge in [-0.25, -0.2) is 0 Å². The first-order valence-electron chi connectivity index (χ1n) is 4.77. The number of nitrogens with two attached hydrogens (primary N) is 1. The minimum Gasteiger partial charge on any atom is -0.504 e. The monoisotopic (exact) mass is 211 g/mol. The summed E-state index contributed by atoms with van der Waals surface area (Å²) in [6, 6.07) is 4.04. The second kappa shape index (κ2) is 4.08. The molecule has 1 aromatic carbocycles. The fraction of sp³-hybridized carbons (Fsp3) is 0.455. The maximum atomic E-state index is 9.32. The van der Waals surface area contributed by atoms with Crippen molar-refractivity contribution >= 4 is 0 Å². The molecule has 4 nitrogen and oxygen atoms in total. The fourth-order valence-corrected chi connectivity index (χ4v) is 1.28. The molecule has 15 heavy (non-hydrogen) atoms. The van der Waals surface area contributed by atoms with Crippen LogP contribution in [-0.2, 0) is 0 Å². The minimum atomic E-state index is -0.469. The number of hydrogen-bond donors (Lipinski definition) is 4. The van der Waals surface area contributed by atoms with Crippen LogP contribution in [0.4, 0.5) is 0 Å². The number of hydrogen-bond acceptors (Lipinski definition) is 4. The molecule has 0 saturated carbocycles. The maximum Gasteiger partial charge on any atom is 0.157 e. The van der Waals surface area contributed by atoms with Gasteiger partial charge in [-0.1, -0.05) is 19.9 Å². The Labute approximate surface area is 89.0 Å². The van der Waals surface area contributed by atoms with Crippen LogP contribution in [0.1, 0.15) is 25.5 Å². The number of phenols is 2. The first-order chi connectivity index (χ1) is 6.88. The molecule has 0 aliphatic heterocycles. The Morgan fingerprint density at radius 2 is 1.87 bits per heavy atom. The van der Waals surface area contributed by atoms with Crippen molar-refractivity contribution in [1.82, 2.24) is 0 Å². The fourth-order valence-electron chi connectivity index (χ4n) is 1.28. The van der Waals surface area contributed by atoms with Crippen LogP contribution in [0.3, 0.4) is 0 Å². The SMILES string of the molecule is CC(C)(CO)[C@H](N)c1ccc(O)c(O)c1. The smallest absolute Gasteiger partial charge is 0.157 e. The van der Waals surface area contributed by atoms with Crippen LogP contribution in [-0.4, -0.2) is 21.9 Å². The normalized spacial score (nSPS) is 13.9. The topological polar surface area (TPSA) is 86.7 Å². The number of phenolic OH excluding ortho intramolecular Hbond substituents is 2. The molecule has 0 heterocycles. The zero-order valence-corrected chi connectivity index (χ0v) is 8.94. The van der Waals surface area contributed by atoms with Gasteiger partial charge in [-0.15, -0.1) is 0 Å². The highest BCUT2D eigenvalue weighted by Crippen LogP contribution is 2.34. The van der Waals surface area contributed by atoms with Crippen LogP contribution in [0, 0.1) is 5.41 Å². The van der Waals surface area contributed by atoms with Gasteiger partial charge in [-0.05, 0) is 17.7 Å². The van der Waals surface area contributed by atoms with Crippen molar-refractivity contribution in [1.29, 1.82) is 0 Å². The van der Waals surface area contributed by atoms with E-state index >= 15 is 0 Å². The highest BCUT2D eigenvalue weighted by molar-refractivity contribution is 5.41. The van der Waals surface area contributed by atoms with Crippen LogP contribution in [0.15, 0.2) is 18.2 Å². The van der Waals surface area contributed by atoms with E-state index in [1.54, 1.807) is 6.07 Å². The molecule has 5 N–H and O–H groups in total. The molecular weight excluding hydrogens is 194 g/mol. The second-order valence-corrected chi connectivity index (χ2v) is 4.37. The Kier molecular flexibility index (Phi) is 3.21. The molecule has 1 atom stereocenters. The summed E-state index contributed by atoms with van der Waals surface area (Å²) in [4.78, 5) is 0. The molecule has 0 amide bonds. The number of rotatable bonds is 3. The van der Waals surface area contributed by atoms with Gasteiger partial charge in [0, 0.05) is 18.1 Å². The Balaban J connectivity index is 3.02. The van der Waals surface area contributed by atoms with Gasteiger partial charge < -0.3 is 21.1 Å². The summed E-state index contributed by atoms with van der Waals surface area (Å²) in [5.41, 5.74) is 6.17. The van der Waals surface area contributed by atoms with Crippen molar-refractivity contribution in [2.75, 3.05) is 6.61 Å². The highest BCUT2D eigenvalue weighted by Gasteiger charge is 2.27. The van der Waals surface area contributed by atoms with E-state index in [9.17, 15) is 5.11 Å². The van der Waals surface area contributed by atoms with E-state index in [1.165, 1.54) is 12.1 Å². The molecule has 1 rings (SSSR count). The molecule has 0 saturated heterocycles. The standard InChI is InChI=1S/C11H17NO3/c1-11(2,6-13)10(12)7-3-4-8(14)9(15)5-7/h3-5,10,13-15H,6,12H2,1-2H3/t10-/m1/s1. The first kappa shape index (κ1) is 11.8. The van der Waals surface area contributed by atoms with Gasteiger partial charge in [0.1, 0.15) is 0 Å². The molecule has 4 heteroatoms. The molecule has 84 valence electrons. The van der Waals surface area contributed by atoms with Crippen LogP contribution >= 0.6 is 0 Å². The Morgan fingerprint density at radius 3 is 2.33 bits per heavy atom. The van der Waals surface area contributed by atoms with Crippen molar-refractivity contribution in [3.05, 3.63) is 23.8 Å². The van der Waals surface area contributed by atoms with Crippen LogP contribution < -0.4 is 5.73 Å². The summed E-state index contributed by atoms with van der Waals surface area (Å²) in [7, 11) is 0. The average Bonchev–Trinajstić information content (AvgIpc) is 2.21. The summed E-state index contributed by atoms with van der Waals surface area (Å²) >= 11 is 0. The molecule has 0 aromatic heterocycles.